The summed E-state index contributed by atoms with van der Waals surface area (Å²) in [6, 6.07) is 9.66. The predicted octanol–water partition coefficient (Wildman–Crippen LogP) is 4.32. The predicted molar refractivity (Wildman–Crippen MR) is 103 cm³/mol. The fourth-order valence-electron chi connectivity index (χ4n) is 2.75. The van der Waals surface area contributed by atoms with Crippen molar-refractivity contribution in [3.8, 4) is 0 Å². The van der Waals surface area contributed by atoms with E-state index in [1.165, 1.54) is 0 Å². The molecule has 6 nitrogen and oxygen atoms in total. The van der Waals surface area contributed by atoms with Gasteiger partial charge in [-0.1, -0.05) is 30.3 Å². The molecule has 0 spiro atoms. The van der Waals surface area contributed by atoms with Crippen LogP contribution in [0.5, 0.6) is 0 Å². The standard InChI is InChI=1S/C14H15NO2.C7H9NO2/c1-10-8-15-11(2)13(10)14(16)17-9-12-6-4-3-5-7-12;1-4-3-8-5(2)6(4)7(9)10/h3-8,15H,9H2,1-2H3;3,8H,1-2H3,(H,9,10). The van der Waals surface area contributed by atoms with Crippen molar-refractivity contribution in [3.63, 3.8) is 0 Å². The number of ether oxygens (including phenoxy) is 1. The van der Waals surface area contributed by atoms with Gasteiger partial charge in [0, 0.05) is 23.8 Å². The van der Waals surface area contributed by atoms with E-state index < -0.39 is 5.97 Å². The Kier molecular flexibility index (Phi) is 6.60. The third kappa shape index (κ3) is 5.10. The summed E-state index contributed by atoms with van der Waals surface area (Å²) < 4.78 is 5.28. The molecule has 0 aliphatic heterocycles. The molecule has 2 aromatic heterocycles. The Morgan fingerprint density at radius 3 is 1.81 bits per heavy atom. The van der Waals surface area contributed by atoms with Crippen LogP contribution in [-0.2, 0) is 11.3 Å². The van der Waals surface area contributed by atoms with Gasteiger partial charge in [-0.25, -0.2) is 9.59 Å². The Hall–Kier alpha value is -3.28. The molecule has 2 heterocycles. The summed E-state index contributed by atoms with van der Waals surface area (Å²) in [5.41, 5.74) is 5.28. The number of carbonyl (C=O) groups excluding carboxylic acids is 1. The number of carboxylic acid groups (broad SMARTS) is 1. The number of aryl methyl sites for hydroxylation is 4. The quantitative estimate of drug-likeness (QED) is 0.598. The van der Waals surface area contributed by atoms with Crippen LogP contribution >= 0.6 is 0 Å². The first-order chi connectivity index (χ1) is 12.8. The van der Waals surface area contributed by atoms with Crippen LogP contribution in [0.15, 0.2) is 42.7 Å². The zero-order valence-electron chi connectivity index (χ0n) is 15.9. The smallest absolute Gasteiger partial charge is 0.340 e. The second-order valence-electron chi connectivity index (χ2n) is 6.31. The van der Waals surface area contributed by atoms with Crippen LogP contribution in [0.3, 0.4) is 0 Å². The first-order valence-electron chi connectivity index (χ1n) is 8.54. The third-order valence-electron chi connectivity index (χ3n) is 4.18. The third-order valence-corrected chi connectivity index (χ3v) is 4.18. The molecule has 0 aliphatic rings. The van der Waals surface area contributed by atoms with Crippen molar-refractivity contribution in [2.75, 3.05) is 0 Å². The first kappa shape index (κ1) is 20.0. The average Bonchev–Trinajstić information content (AvgIpc) is 3.15. The number of carbonyl (C=O) groups is 2. The second kappa shape index (κ2) is 8.89. The van der Waals surface area contributed by atoms with E-state index in [4.69, 9.17) is 9.84 Å². The molecular weight excluding hydrogens is 344 g/mol. The van der Waals surface area contributed by atoms with Gasteiger partial charge in [0.2, 0.25) is 0 Å². The minimum Gasteiger partial charge on any atom is -0.478 e. The lowest BCUT2D eigenvalue weighted by Crippen LogP contribution is -2.07. The molecule has 0 fully saturated rings. The molecule has 0 unspecified atom stereocenters. The molecule has 0 atom stereocenters. The molecule has 142 valence electrons. The lowest BCUT2D eigenvalue weighted by molar-refractivity contribution is 0.0471. The number of nitrogens with one attached hydrogen (secondary N) is 2. The number of aromatic amines is 2. The normalized spacial score (nSPS) is 10.1. The van der Waals surface area contributed by atoms with E-state index in [1.807, 2.05) is 50.4 Å². The lowest BCUT2D eigenvalue weighted by atomic mass is 10.2. The Morgan fingerprint density at radius 2 is 1.41 bits per heavy atom. The van der Waals surface area contributed by atoms with Gasteiger partial charge in [0.05, 0.1) is 11.1 Å². The highest BCUT2D eigenvalue weighted by Crippen LogP contribution is 2.14. The van der Waals surface area contributed by atoms with Gasteiger partial charge in [-0.05, 0) is 44.4 Å². The maximum Gasteiger partial charge on any atom is 0.340 e. The zero-order chi connectivity index (χ0) is 20.0. The van der Waals surface area contributed by atoms with Crippen molar-refractivity contribution in [1.82, 2.24) is 9.97 Å². The number of hydrogen-bond donors (Lipinski definition) is 3. The van der Waals surface area contributed by atoms with Crippen molar-refractivity contribution in [2.24, 2.45) is 0 Å². The Labute approximate surface area is 158 Å². The number of aromatic nitrogens is 2. The summed E-state index contributed by atoms with van der Waals surface area (Å²) in [5.74, 6) is -1.14. The summed E-state index contributed by atoms with van der Waals surface area (Å²) in [7, 11) is 0. The van der Waals surface area contributed by atoms with Gasteiger partial charge in [-0.2, -0.15) is 0 Å². The van der Waals surface area contributed by atoms with Gasteiger partial charge in [-0.15, -0.1) is 0 Å². The number of aromatic carboxylic acids is 1. The number of esters is 1. The fourth-order valence-corrected chi connectivity index (χ4v) is 2.75. The van der Waals surface area contributed by atoms with E-state index in [9.17, 15) is 9.59 Å². The molecule has 0 amide bonds. The van der Waals surface area contributed by atoms with Gasteiger partial charge >= 0.3 is 11.9 Å². The number of carboxylic acids is 1. The average molecular weight is 368 g/mol. The molecule has 1 aromatic carbocycles. The molecule has 0 saturated carbocycles. The number of benzene rings is 1. The van der Waals surface area contributed by atoms with Crippen LogP contribution in [0.1, 0.15) is 48.8 Å². The van der Waals surface area contributed by atoms with Gasteiger partial charge in [0.1, 0.15) is 6.61 Å². The van der Waals surface area contributed by atoms with E-state index in [2.05, 4.69) is 9.97 Å². The minimum absolute atomic E-state index is 0.273. The van der Waals surface area contributed by atoms with E-state index in [-0.39, 0.29) is 5.97 Å². The Bertz CT molecular complexity index is 884. The molecular formula is C21H24N2O4. The van der Waals surface area contributed by atoms with Crippen LogP contribution in [-0.4, -0.2) is 27.0 Å². The second-order valence-corrected chi connectivity index (χ2v) is 6.31. The van der Waals surface area contributed by atoms with Crippen molar-refractivity contribution < 1.29 is 19.4 Å². The van der Waals surface area contributed by atoms with Crippen LogP contribution < -0.4 is 0 Å². The summed E-state index contributed by atoms with van der Waals surface area (Å²) in [5, 5.41) is 8.62. The van der Waals surface area contributed by atoms with Gasteiger partial charge in [0.25, 0.3) is 0 Å². The van der Waals surface area contributed by atoms with Crippen LogP contribution in [0, 0.1) is 27.7 Å². The molecule has 3 aromatic rings. The van der Waals surface area contributed by atoms with Gasteiger partial charge in [-0.3, -0.25) is 0 Å². The van der Waals surface area contributed by atoms with Crippen molar-refractivity contribution in [1.29, 1.82) is 0 Å². The molecule has 6 heteroatoms. The highest BCUT2D eigenvalue weighted by atomic mass is 16.5. The molecule has 0 bridgehead atoms. The summed E-state index contributed by atoms with van der Waals surface area (Å²) in [6.07, 6.45) is 3.51. The largest absolute Gasteiger partial charge is 0.478 e. The minimum atomic E-state index is -0.865. The Morgan fingerprint density at radius 1 is 0.889 bits per heavy atom. The molecule has 0 radical (unpaired) electrons. The Balaban J connectivity index is 0.000000223. The summed E-state index contributed by atoms with van der Waals surface area (Å²) >= 11 is 0. The van der Waals surface area contributed by atoms with E-state index in [0.29, 0.717) is 23.4 Å². The van der Waals surface area contributed by atoms with Gasteiger partial charge < -0.3 is 19.8 Å². The number of H-pyrrole nitrogens is 2. The van der Waals surface area contributed by atoms with E-state index in [1.54, 1.807) is 20.0 Å². The van der Waals surface area contributed by atoms with Crippen molar-refractivity contribution in [2.45, 2.75) is 34.3 Å². The first-order valence-corrected chi connectivity index (χ1v) is 8.54. The van der Waals surface area contributed by atoms with E-state index >= 15 is 0 Å². The summed E-state index contributed by atoms with van der Waals surface area (Å²) in [6.45, 7) is 7.59. The monoisotopic (exact) mass is 368 g/mol. The SMILES string of the molecule is Cc1c[nH]c(C)c1C(=O)O.Cc1c[nH]c(C)c1C(=O)OCc1ccccc1. The molecule has 3 rings (SSSR count). The highest BCUT2D eigenvalue weighted by Gasteiger charge is 2.15. The van der Waals surface area contributed by atoms with Crippen molar-refractivity contribution in [3.05, 3.63) is 81.9 Å². The molecule has 0 saturated heterocycles. The summed E-state index contributed by atoms with van der Waals surface area (Å²) in [4.78, 5) is 28.2. The van der Waals surface area contributed by atoms with E-state index in [0.717, 1.165) is 22.4 Å². The number of rotatable bonds is 4. The van der Waals surface area contributed by atoms with Crippen LogP contribution in [0.25, 0.3) is 0 Å². The maximum atomic E-state index is 11.9. The fraction of sp³-hybridized carbons (Fsp3) is 0.238. The lowest BCUT2D eigenvalue weighted by Gasteiger charge is -2.05. The topological polar surface area (TPSA) is 95.2 Å². The maximum absolute atomic E-state index is 11.9. The van der Waals surface area contributed by atoms with Crippen LogP contribution in [0.4, 0.5) is 0 Å². The zero-order valence-corrected chi connectivity index (χ0v) is 15.9. The van der Waals surface area contributed by atoms with Crippen LogP contribution in [0.2, 0.25) is 0 Å². The molecule has 27 heavy (non-hydrogen) atoms. The highest BCUT2D eigenvalue weighted by molar-refractivity contribution is 5.92. The molecule has 3 N–H and O–H groups in total. The van der Waals surface area contributed by atoms with Crippen molar-refractivity contribution >= 4 is 11.9 Å². The van der Waals surface area contributed by atoms with Gasteiger partial charge in [0.15, 0.2) is 0 Å². The molecule has 0 aliphatic carbocycles. The number of hydrogen-bond acceptors (Lipinski definition) is 3.